The summed E-state index contributed by atoms with van der Waals surface area (Å²) in [5.41, 5.74) is 3.20. The number of fused-ring (bicyclic) bond motifs is 3. The molecule has 4 aliphatic rings. The highest BCUT2D eigenvalue weighted by atomic mass is 16.5. The number of ether oxygens (including phenoxy) is 2. The summed E-state index contributed by atoms with van der Waals surface area (Å²) in [5.74, 6) is -4.36. The predicted molar refractivity (Wildman–Crippen MR) is 213 cm³/mol. The molecule has 4 heterocycles. The fraction of sp³-hybridized carbons (Fsp3) is 0.548. The van der Waals surface area contributed by atoms with Crippen molar-refractivity contribution >= 4 is 47.2 Å². The number of nitrogens with zero attached hydrogens (tertiary/aromatic N) is 3. The van der Waals surface area contributed by atoms with Gasteiger partial charge in [-0.25, -0.2) is 9.59 Å². The first-order valence-corrected chi connectivity index (χ1v) is 20.3. The summed E-state index contributed by atoms with van der Waals surface area (Å²) >= 11 is 0. The van der Waals surface area contributed by atoms with Crippen LogP contribution in [0.2, 0.25) is 0 Å². The van der Waals surface area contributed by atoms with Gasteiger partial charge in [0.05, 0.1) is 19.3 Å². The first-order chi connectivity index (χ1) is 28.1. The molecule has 4 fully saturated rings. The van der Waals surface area contributed by atoms with Gasteiger partial charge in [0.1, 0.15) is 42.4 Å². The van der Waals surface area contributed by atoms with Gasteiger partial charge in [-0.15, -0.1) is 0 Å². The van der Waals surface area contributed by atoms with Crippen LogP contribution in [0.15, 0.2) is 48.5 Å². The van der Waals surface area contributed by atoms with Crippen LogP contribution >= 0.6 is 0 Å². The fourth-order valence-corrected chi connectivity index (χ4v) is 8.28. The largest absolute Gasteiger partial charge is 0.458 e. The standard InChI is InChI=1S/C42H55N7O10/c1-6-27-10-12-29(13-11-27)44-42(57)45-31(18-28-9-7-8-23(2)16-28)36(51)46-35-26(5)59-41(56)33-17-24(3)20-48(33)38(53)25(4)43-37(52)34-22-58-15-14-47(34)39(54)32-19-30(50)21-49(32)40(35)55/h7-13,16,24-26,30-35,50H,6,14-15,17-22H2,1-5H3,(H,43,52)(H,46,51)(H2,44,45,57)/t24-,25+,26+,30-,31+,32+,33+,34+,35+/m1/s1. The highest BCUT2D eigenvalue weighted by molar-refractivity contribution is 5.99. The third-order valence-corrected chi connectivity index (χ3v) is 11.5. The Morgan fingerprint density at radius 1 is 0.881 bits per heavy atom. The van der Waals surface area contributed by atoms with Crippen LogP contribution in [0.4, 0.5) is 10.5 Å². The number of anilines is 1. The molecule has 2 aromatic carbocycles. The number of cyclic esters (lactones) is 1. The molecule has 6 rings (SSSR count). The van der Waals surface area contributed by atoms with E-state index in [9.17, 15) is 38.7 Å². The van der Waals surface area contributed by atoms with E-state index in [1.165, 1.54) is 23.6 Å². The van der Waals surface area contributed by atoms with Crippen LogP contribution in [0.5, 0.6) is 0 Å². The number of nitrogens with one attached hydrogen (secondary N) is 4. The van der Waals surface area contributed by atoms with Gasteiger partial charge in [0, 0.05) is 38.2 Å². The van der Waals surface area contributed by atoms with Crippen LogP contribution in [-0.4, -0.2) is 143 Å². The van der Waals surface area contributed by atoms with Gasteiger partial charge in [0.25, 0.3) is 0 Å². The summed E-state index contributed by atoms with van der Waals surface area (Å²) in [7, 11) is 0. The lowest BCUT2D eigenvalue weighted by Gasteiger charge is -2.39. The molecule has 0 unspecified atom stereocenters. The van der Waals surface area contributed by atoms with E-state index in [1.54, 1.807) is 18.2 Å². The molecule has 5 N–H and O–H groups in total. The summed E-state index contributed by atoms with van der Waals surface area (Å²) in [6, 6.07) is 6.55. The van der Waals surface area contributed by atoms with Crippen molar-refractivity contribution in [2.24, 2.45) is 5.92 Å². The molecule has 17 nitrogen and oxygen atoms in total. The summed E-state index contributed by atoms with van der Waals surface area (Å²) in [6.45, 7) is 8.56. The normalized spacial score (nSPS) is 28.5. The number of urea groups is 1. The third kappa shape index (κ3) is 10.0. The highest BCUT2D eigenvalue weighted by Gasteiger charge is 2.49. The number of hydrogen-bond acceptors (Lipinski definition) is 10. The highest BCUT2D eigenvalue weighted by Crippen LogP contribution is 2.28. The molecule has 0 spiro atoms. The minimum Gasteiger partial charge on any atom is -0.458 e. The second kappa shape index (κ2) is 18.6. The molecule has 4 saturated heterocycles. The fourth-order valence-electron chi connectivity index (χ4n) is 8.28. The van der Waals surface area contributed by atoms with E-state index >= 15 is 0 Å². The number of morpholine rings is 1. The number of carbonyl (C=O) groups is 7. The Kier molecular flexibility index (Phi) is 13.6. The molecule has 2 aromatic rings. The number of hydrogen-bond donors (Lipinski definition) is 5. The number of benzene rings is 2. The lowest BCUT2D eigenvalue weighted by atomic mass is 10.0. The third-order valence-electron chi connectivity index (χ3n) is 11.5. The van der Waals surface area contributed by atoms with E-state index in [0.717, 1.165) is 22.4 Å². The summed E-state index contributed by atoms with van der Waals surface area (Å²) in [5, 5.41) is 21.8. The van der Waals surface area contributed by atoms with Crippen LogP contribution in [0.25, 0.3) is 0 Å². The molecule has 4 aliphatic heterocycles. The summed E-state index contributed by atoms with van der Waals surface area (Å²) < 4.78 is 11.5. The van der Waals surface area contributed by atoms with Gasteiger partial charge in [-0.3, -0.25) is 24.0 Å². The van der Waals surface area contributed by atoms with E-state index < -0.39 is 90.0 Å². The molecule has 0 aliphatic carbocycles. The topological polar surface area (TPSA) is 216 Å². The number of amides is 7. The van der Waals surface area contributed by atoms with E-state index in [1.807, 2.05) is 51.1 Å². The van der Waals surface area contributed by atoms with Crippen LogP contribution in [-0.2, 0) is 51.1 Å². The molecular formula is C42H55N7O10. The average Bonchev–Trinajstić information content (AvgIpc) is 3.81. The zero-order valence-electron chi connectivity index (χ0n) is 34.1. The first kappa shape index (κ1) is 43.0. The van der Waals surface area contributed by atoms with Gasteiger partial charge < -0.3 is 50.5 Å². The van der Waals surface area contributed by atoms with Crippen LogP contribution in [0.3, 0.4) is 0 Å². The van der Waals surface area contributed by atoms with Crippen molar-refractivity contribution in [1.29, 1.82) is 0 Å². The van der Waals surface area contributed by atoms with Crippen LogP contribution in [0, 0.1) is 12.8 Å². The lowest BCUT2D eigenvalue weighted by molar-refractivity contribution is -0.164. The Morgan fingerprint density at radius 2 is 1.61 bits per heavy atom. The number of esters is 1. The second-order valence-corrected chi connectivity index (χ2v) is 16.1. The molecule has 59 heavy (non-hydrogen) atoms. The van der Waals surface area contributed by atoms with Gasteiger partial charge in [0.15, 0.2) is 0 Å². The van der Waals surface area contributed by atoms with Crippen molar-refractivity contribution in [2.45, 2.75) is 109 Å². The van der Waals surface area contributed by atoms with Crippen molar-refractivity contribution in [3.8, 4) is 0 Å². The SMILES string of the molecule is CCc1ccc(NC(=O)N[C@@H](Cc2cccc(C)c2)C(=O)N[C@@H]2C(=O)N3C[C@H](O)C[C@H]3C(=O)N3CCOC[C@H]3C(=O)N[C@@H](C)C(=O)N3C[C@H](C)C[C@H]3C(=O)O[C@H]2C)cc1. The molecule has 9 atom stereocenters. The van der Waals surface area contributed by atoms with Gasteiger partial charge in [0.2, 0.25) is 29.5 Å². The predicted octanol–water partition coefficient (Wildman–Crippen LogP) is 0.651. The summed E-state index contributed by atoms with van der Waals surface area (Å²) in [6.07, 6.45) is -1.57. The Hall–Kier alpha value is -5.55. The van der Waals surface area contributed by atoms with Crippen molar-refractivity contribution in [1.82, 2.24) is 30.7 Å². The minimum absolute atomic E-state index is 0.00485. The molecule has 17 heteroatoms. The Bertz CT molecular complexity index is 1930. The minimum atomic E-state index is -1.61. The van der Waals surface area contributed by atoms with E-state index in [0.29, 0.717) is 11.3 Å². The Labute approximate surface area is 343 Å². The van der Waals surface area contributed by atoms with Gasteiger partial charge in [-0.1, -0.05) is 55.8 Å². The van der Waals surface area contributed by atoms with Crippen LogP contribution in [0.1, 0.15) is 57.2 Å². The maximum atomic E-state index is 14.8. The molecular weight excluding hydrogens is 763 g/mol. The summed E-state index contributed by atoms with van der Waals surface area (Å²) in [4.78, 5) is 102. The van der Waals surface area contributed by atoms with Crippen molar-refractivity contribution in [3.63, 3.8) is 0 Å². The van der Waals surface area contributed by atoms with Gasteiger partial charge in [-0.2, -0.15) is 0 Å². The molecule has 0 aromatic heterocycles. The average molecular weight is 818 g/mol. The van der Waals surface area contributed by atoms with E-state index in [4.69, 9.17) is 9.47 Å². The molecule has 0 bridgehead atoms. The van der Waals surface area contributed by atoms with Crippen molar-refractivity contribution in [3.05, 3.63) is 65.2 Å². The first-order valence-electron chi connectivity index (χ1n) is 20.3. The molecule has 0 saturated carbocycles. The number of aliphatic hydroxyl groups excluding tert-OH is 1. The molecule has 318 valence electrons. The Morgan fingerprint density at radius 3 is 2.32 bits per heavy atom. The van der Waals surface area contributed by atoms with Crippen molar-refractivity contribution in [2.75, 3.05) is 38.2 Å². The van der Waals surface area contributed by atoms with E-state index in [2.05, 4.69) is 21.3 Å². The number of aryl methyl sites for hydroxylation is 2. The Balaban J connectivity index is 1.34. The van der Waals surface area contributed by atoms with Crippen molar-refractivity contribution < 1.29 is 48.1 Å². The van der Waals surface area contributed by atoms with Crippen LogP contribution < -0.4 is 21.3 Å². The van der Waals surface area contributed by atoms with Gasteiger partial charge >= 0.3 is 12.0 Å². The monoisotopic (exact) mass is 817 g/mol. The second-order valence-electron chi connectivity index (χ2n) is 16.1. The number of aliphatic hydroxyl groups is 1. The zero-order valence-corrected chi connectivity index (χ0v) is 34.1. The maximum absolute atomic E-state index is 14.8. The smallest absolute Gasteiger partial charge is 0.329 e. The molecule has 0 radical (unpaired) electrons. The maximum Gasteiger partial charge on any atom is 0.329 e. The van der Waals surface area contributed by atoms with E-state index in [-0.39, 0.29) is 58.0 Å². The molecule has 7 amide bonds. The zero-order chi connectivity index (χ0) is 42.5. The lowest BCUT2D eigenvalue weighted by Crippen LogP contribution is -2.64. The number of carbonyl (C=O) groups excluding carboxylic acids is 7. The van der Waals surface area contributed by atoms with Gasteiger partial charge in [-0.05, 0) is 62.8 Å². The quantitative estimate of drug-likeness (QED) is 0.246. The number of rotatable bonds is 7.